The highest BCUT2D eigenvalue weighted by Crippen LogP contribution is 2.42. The average Bonchev–Trinajstić information content (AvgIpc) is 3.81. The molecule has 0 saturated carbocycles. The Morgan fingerprint density at radius 1 is 0.412 bits per heavy atom. The van der Waals surface area contributed by atoms with Gasteiger partial charge in [-0.1, -0.05) is 115 Å². The van der Waals surface area contributed by atoms with Gasteiger partial charge in [-0.3, -0.25) is 0 Å². The van der Waals surface area contributed by atoms with Crippen molar-refractivity contribution < 1.29 is 4.42 Å². The SMILES string of the molecule is c1ccc(-c2cccc(N(c3ccc(-c4ccc5ccc6oc(-c7ccccc7)nc6c5c4)cc3)c3ccc4c(c3)sc3ccccc34)c2)cc1. The smallest absolute Gasteiger partial charge is 0.227 e. The third kappa shape index (κ3) is 5.25. The summed E-state index contributed by atoms with van der Waals surface area (Å²) in [6.07, 6.45) is 0. The molecule has 0 N–H and O–H groups in total. The van der Waals surface area contributed by atoms with Crippen LogP contribution in [-0.4, -0.2) is 4.98 Å². The predicted octanol–water partition coefficient (Wildman–Crippen LogP) is 13.8. The summed E-state index contributed by atoms with van der Waals surface area (Å²) in [5, 5.41) is 4.81. The van der Waals surface area contributed by atoms with Crippen molar-refractivity contribution in [1.29, 1.82) is 0 Å². The zero-order valence-electron chi connectivity index (χ0n) is 27.5. The third-order valence-electron chi connectivity index (χ3n) is 9.69. The lowest BCUT2D eigenvalue weighted by atomic mass is 10.00. The van der Waals surface area contributed by atoms with Crippen LogP contribution in [0.3, 0.4) is 0 Å². The number of nitrogens with zero attached hydrogens (tertiary/aromatic N) is 2. The number of aromatic nitrogens is 1. The molecular formula is C47H30N2OS. The second kappa shape index (κ2) is 12.1. The summed E-state index contributed by atoms with van der Waals surface area (Å²) in [5.74, 6) is 0.637. The van der Waals surface area contributed by atoms with Crippen molar-refractivity contribution in [1.82, 2.24) is 4.98 Å². The molecule has 0 unspecified atom stereocenters. The van der Waals surface area contributed by atoms with Crippen molar-refractivity contribution in [3.05, 3.63) is 182 Å². The quantitative estimate of drug-likeness (QED) is 0.176. The van der Waals surface area contributed by atoms with Crippen LogP contribution in [0.2, 0.25) is 0 Å². The van der Waals surface area contributed by atoms with Crippen LogP contribution in [0, 0.1) is 0 Å². The standard InChI is InChI=1S/C47H30N2OS/c1-3-10-31(11-4-1)35-14-9-15-38(28-35)49(39-25-26-41-40-16-7-8-17-44(40)51-45(41)30-39)37-23-20-32(21-24-37)36-19-18-33-22-27-43-46(42(33)29-36)48-47(50-43)34-12-5-2-6-13-34/h1-30H. The van der Waals surface area contributed by atoms with Gasteiger partial charge in [0.2, 0.25) is 5.89 Å². The van der Waals surface area contributed by atoms with Crippen molar-refractivity contribution in [2.45, 2.75) is 0 Å². The number of anilines is 3. The van der Waals surface area contributed by atoms with Gasteiger partial charge < -0.3 is 9.32 Å². The molecule has 2 heterocycles. The maximum Gasteiger partial charge on any atom is 0.227 e. The predicted molar refractivity (Wildman–Crippen MR) is 215 cm³/mol. The molecule has 0 fully saturated rings. The van der Waals surface area contributed by atoms with E-state index in [1.807, 2.05) is 47.7 Å². The van der Waals surface area contributed by atoms with E-state index in [0.717, 1.165) is 55.6 Å². The highest BCUT2D eigenvalue weighted by atomic mass is 32.1. The Hall–Kier alpha value is -6.49. The maximum atomic E-state index is 6.20. The van der Waals surface area contributed by atoms with Gasteiger partial charge in [-0.2, -0.15) is 0 Å². The zero-order valence-corrected chi connectivity index (χ0v) is 28.3. The molecule has 0 amide bonds. The summed E-state index contributed by atoms with van der Waals surface area (Å²) in [5.41, 5.74) is 10.6. The fourth-order valence-electron chi connectivity index (χ4n) is 7.15. The van der Waals surface area contributed by atoms with E-state index in [-0.39, 0.29) is 0 Å². The lowest BCUT2D eigenvalue weighted by molar-refractivity contribution is 0.620. The van der Waals surface area contributed by atoms with Crippen molar-refractivity contribution in [2.24, 2.45) is 0 Å². The molecule has 2 aromatic heterocycles. The molecule has 10 aromatic rings. The van der Waals surface area contributed by atoms with Gasteiger partial charge in [-0.15, -0.1) is 11.3 Å². The molecule has 8 aromatic carbocycles. The Labute approximate surface area is 299 Å². The molecule has 0 aliphatic rings. The Bertz CT molecular complexity index is 2850. The fraction of sp³-hybridized carbons (Fsp3) is 0. The minimum Gasteiger partial charge on any atom is -0.436 e. The summed E-state index contributed by atoms with van der Waals surface area (Å²) >= 11 is 1.85. The van der Waals surface area contributed by atoms with Crippen molar-refractivity contribution in [3.63, 3.8) is 0 Å². The van der Waals surface area contributed by atoms with Gasteiger partial charge in [0.15, 0.2) is 5.58 Å². The second-order valence-corrected chi connectivity index (χ2v) is 13.9. The van der Waals surface area contributed by atoms with Crippen LogP contribution in [0.15, 0.2) is 186 Å². The van der Waals surface area contributed by atoms with Gasteiger partial charge in [0.1, 0.15) is 5.52 Å². The monoisotopic (exact) mass is 670 g/mol. The number of hydrogen-bond donors (Lipinski definition) is 0. The molecule has 10 rings (SSSR count). The van der Waals surface area contributed by atoms with Crippen LogP contribution < -0.4 is 4.90 Å². The Kier molecular flexibility index (Phi) is 7.00. The largest absolute Gasteiger partial charge is 0.436 e. The van der Waals surface area contributed by atoms with Crippen LogP contribution in [0.4, 0.5) is 17.1 Å². The molecule has 3 nitrogen and oxygen atoms in total. The molecule has 4 heteroatoms. The van der Waals surface area contributed by atoms with Gasteiger partial charge in [-0.25, -0.2) is 4.98 Å². The van der Waals surface area contributed by atoms with E-state index in [2.05, 4.69) is 150 Å². The number of fused-ring (bicyclic) bond motifs is 6. The Morgan fingerprint density at radius 2 is 1.04 bits per heavy atom. The van der Waals surface area contributed by atoms with Crippen molar-refractivity contribution >= 4 is 70.4 Å². The molecular weight excluding hydrogens is 641 g/mol. The fourth-order valence-corrected chi connectivity index (χ4v) is 8.29. The van der Waals surface area contributed by atoms with Gasteiger partial charge in [0.25, 0.3) is 0 Å². The zero-order chi connectivity index (χ0) is 33.7. The Morgan fingerprint density at radius 3 is 1.88 bits per heavy atom. The molecule has 0 radical (unpaired) electrons. The summed E-state index contributed by atoms with van der Waals surface area (Å²) < 4.78 is 8.78. The van der Waals surface area contributed by atoms with Crippen LogP contribution in [0.5, 0.6) is 0 Å². The lowest BCUT2D eigenvalue weighted by Crippen LogP contribution is -2.09. The van der Waals surface area contributed by atoms with E-state index in [4.69, 9.17) is 9.40 Å². The first-order chi connectivity index (χ1) is 25.2. The Balaban J connectivity index is 1.07. The van der Waals surface area contributed by atoms with E-state index in [1.54, 1.807) is 0 Å². The third-order valence-corrected chi connectivity index (χ3v) is 10.8. The lowest BCUT2D eigenvalue weighted by Gasteiger charge is -2.26. The number of oxazole rings is 1. The average molecular weight is 671 g/mol. The second-order valence-electron chi connectivity index (χ2n) is 12.8. The summed E-state index contributed by atoms with van der Waals surface area (Å²) in [7, 11) is 0. The van der Waals surface area contributed by atoms with Crippen molar-refractivity contribution in [3.8, 4) is 33.7 Å². The van der Waals surface area contributed by atoms with E-state index in [9.17, 15) is 0 Å². The molecule has 0 bridgehead atoms. The highest BCUT2D eigenvalue weighted by Gasteiger charge is 2.17. The number of benzene rings is 8. The van der Waals surface area contributed by atoms with Crippen LogP contribution in [0.1, 0.15) is 0 Å². The minimum absolute atomic E-state index is 0.637. The number of hydrogen-bond acceptors (Lipinski definition) is 4. The van der Waals surface area contributed by atoms with Crippen molar-refractivity contribution in [2.75, 3.05) is 4.90 Å². The normalized spacial score (nSPS) is 11.5. The molecule has 0 saturated heterocycles. The van der Waals surface area contributed by atoms with Crippen LogP contribution >= 0.6 is 11.3 Å². The number of thiophene rings is 1. The molecule has 51 heavy (non-hydrogen) atoms. The van der Waals surface area contributed by atoms with E-state index < -0.39 is 0 Å². The molecule has 0 spiro atoms. The first-order valence-corrected chi connectivity index (χ1v) is 17.9. The molecule has 0 aliphatic heterocycles. The van der Waals surface area contributed by atoms with E-state index >= 15 is 0 Å². The van der Waals surface area contributed by atoms with Gasteiger partial charge >= 0.3 is 0 Å². The molecule has 0 aliphatic carbocycles. The summed E-state index contributed by atoms with van der Waals surface area (Å²) in [6, 6.07) is 64.7. The molecule has 0 atom stereocenters. The molecule has 240 valence electrons. The summed E-state index contributed by atoms with van der Waals surface area (Å²) in [6.45, 7) is 0. The first-order valence-electron chi connectivity index (χ1n) is 17.1. The maximum absolute atomic E-state index is 6.20. The first kappa shape index (κ1) is 29.4. The topological polar surface area (TPSA) is 29.3 Å². The highest BCUT2D eigenvalue weighted by molar-refractivity contribution is 7.25. The number of rotatable bonds is 6. The van der Waals surface area contributed by atoms with Gasteiger partial charge in [0.05, 0.1) is 0 Å². The van der Waals surface area contributed by atoms with Gasteiger partial charge in [-0.05, 0) is 94.4 Å². The van der Waals surface area contributed by atoms with Gasteiger partial charge in [0, 0.05) is 48.2 Å². The van der Waals surface area contributed by atoms with Crippen LogP contribution in [-0.2, 0) is 0 Å². The van der Waals surface area contributed by atoms with E-state index in [1.165, 1.54) is 31.3 Å². The minimum atomic E-state index is 0.637. The summed E-state index contributed by atoms with van der Waals surface area (Å²) in [4.78, 5) is 7.31. The van der Waals surface area contributed by atoms with Crippen LogP contribution in [0.25, 0.3) is 75.8 Å². The van der Waals surface area contributed by atoms with E-state index in [0.29, 0.717) is 5.89 Å².